The van der Waals surface area contributed by atoms with E-state index in [4.69, 9.17) is 14.5 Å². The first-order valence-corrected chi connectivity index (χ1v) is 17.4. The summed E-state index contributed by atoms with van der Waals surface area (Å²) in [7, 11) is -2.92. The summed E-state index contributed by atoms with van der Waals surface area (Å²) in [5.41, 5.74) is 1.30. The number of amides is 4. The third kappa shape index (κ3) is 11.1. The van der Waals surface area contributed by atoms with Gasteiger partial charge in [0.2, 0.25) is 17.7 Å². The molecular formula is C32H44N5O9P. The average molecular weight is 674 g/mol. The number of hydrogen-bond donors (Lipinski definition) is 6. The Morgan fingerprint density at radius 2 is 1.68 bits per heavy atom. The van der Waals surface area contributed by atoms with Crippen LogP contribution in [0, 0.1) is 0 Å². The van der Waals surface area contributed by atoms with E-state index in [1.807, 2.05) is 25.2 Å². The van der Waals surface area contributed by atoms with E-state index in [1.54, 1.807) is 17.0 Å². The van der Waals surface area contributed by atoms with Crippen LogP contribution in [-0.4, -0.2) is 82.8 Å². The SMILES string of the molecule is CNCCCNC(=O)[C@@H]1CCC2CCCC[C@H](NC(=O)[C@H](Cc3ccc(OP(=O)(O)O)cc3)NC(=O)OCc3ccccc3)C(=O)N21. The van der Waals surface area contributed by atoms with E-state index in [2.05, 4.69) is 25.8 Å². The Bertz CT molecular complexity index is 1410. The number of nitrogens with one attached hydrogen (secondary N) is 4. The minimum absolute atomic E-state index is 0.0205. The standard InChI is InChI=1S/C32H44N5O9P/c1-33-18-7-19-34-30(39)28-17-14-24-10-5-6-11-26(31(40)37(24)28)35-29(38)27(36-32(41)45-21-23-8-3-2-4-9-23)20-22-12-15-25(16-13-22)46-47(42,43)44/h2-4,8-9,12-13,15-16,24,26-28,33H,5-7,10-11,14,17-21H2,1H3,(H,34,39)(H,35,38)(H,36,41)(H2,42,43,44)/t24?,26-,27-,28-/m0/s1. The maximum absolute atomic E-state index is 14.0. The highest BCUT2D eigenvalue weighted by atomic mass is 31.2. The zero-order chi connectivity index (χ0) is 33.8. The molecule has 0 spiro atoms. The number of benzene rings is 2. The van der Waals surface area contributed by atoms with Gasteiger partial charge < -0.3 is 35.4 Å². The maximum Gasteiger partial charge on any atom is 0.524 e. The molecule has 2 aliphatic rings. The van der Waals surface area contributed by atoms with E-state index in [9.17, 15) is 23.7 Å². The number of fused-ring (bicyclic) bond motifs is 1. The van der Waals surface area contributed by atoms with Gasteiger partial charge in [0.25, 0.3) is 0 Å². The number of carbonyl (C=O) groups excluding carboxylic acids is 4. The molecule has 2 saturated heterocycles. The summed E-state index contributed by atoms with van der Waals surface area (Å²) in [5, 5.41) is 11.4. The molecule has 4 rings (SSSR count). The third-order valence-electron chi connectivity index (χ3n) is 8.27. The van der Waals surface area contributed by atoms with Crippen LogP contribution >= 0.6 is 7.82 Å². The van der Waals surface area contributed by atoms with Crippen molar-refractivity contribution < 1.29 is 42.8 Å². The summed E-state index contributed by atoms with van der Waals surface area (Å²) >= 11 is 0. The molecule has 14 nitrogen and oxygen atoms in total. The second kappa shape index (κ2) is 17.3. The fourth-order valence-electron chi connectivity index (χ4n) is 5.97. The van der Waals surface area contributed by atoms with E-state index >= 15 is 0 Å². The van der Waals surface area contributed by atoms with Gasteiger partial charge in [-0.1, -0.05) is 55.3 Å². The number of hydrogen-bond acceptors (Lipinski definition) is 8. The minimum atomic E-state index is -4.76. The predicted octanol–water partition coefficient (Wildman–Crippen LogP) is 2.14. The second-order valence-electron chi connectivity index (χ2n) is 11.8. The zero-order valence-corrected chi connectivity index (χ0v) is 27.3. The monoisotopic (exact) mass is 673 g/mol. The van der Waals surface area contributed by atoms with Crippen LogP contribution in [-0.2, 0) is 36.7 Å². The Morgan fingerprint density at radius 3 is 2.38 bits per heavy atom. The Morgan fingerprint density at radius 1 is 0.957 bits per heavy atom. The fourth-order valence-corrected chi connectivity index (χ4v) is 6.36. The van der Waals surface area contributed by atoms with Gasteiger partial charge in [0.05, 0.1) is 0 Å². The molecule has 4 amide bonds. The summed E-state index contributed by atoms with van der Waals surface area (Å²) in [6, 6.07) is 12.0. The van der Waals surface area contributed by atoms with Crippen LogP contribution in [0.2, 0.25) is 0 Å². The molecule has 2 aromatic rings. The molecular weight excluding hydrogens is 629 g/mol. The number of alkyl carbamates (subject to hydrolysis) is 1. The van der Waals surface area contributed by atoms with Crippen molar-refractivity contribution >= 4 is 31.6 Å². The molecule has 0 aliphatic carbocycles. The van der Waals surface area contributed by atoms with Gasteiger partial charge in [-0.25, -0.2) is 9.36 Å². The van der Waals surface area contributed by atoms with Crippen LogP contribution in [0.1, 0.15) is 56.1 Å². The van der Waals surface area contributed by atoms with Crippen molar-refractivity contribution in [3.05, 3.63) is 65.7 Å². The highest BCUT2D eigenvalue weighted by Crippen LogP contribution is 2.37. The van der Waals surface area contributed by atoms with Gasteiger partial charge in [-0.2, -0.15) is 0 Å². The molecule has 0 radical (unpaired) electrons. The van der Waals surface area contributed by atoms with Gasteiger partial charge in [0, 0.05) is 19.0 Å². The first kappa shape index (κ1) is 35.9. The normalized spacial score (nSPS) is 20.3. The van der Waals surface area contributed by atoms with Gasteiger partial charge in [-0.05, 0) is 69.0 Å². The van der Waals surface area contributed by atoms with Crippen molar-refractivity contribution in [2.45, 2.75) is 82.1 Å². The summed E-state index contributed by atoms with van der Waals surface area (Å²) in [6.45, 7) is 1.22. The number of ether oxygens (including phenoxy) is 1. The van der Waals surface area contributed by atoms with Crippen molar-refractivity contribution in [2.75, 3.05) is 20.1 Å². The molecule has 2 aliphatic heterocycles. The summed E-state index contributed by atoms with van der Waals surface area (Å²) in [4.78, 5) is 73.5. The molecule has 2 fully saturated rings. The lowest BCUT2D eigenvalue weighted by atomic mass is 9.98. The summed E-state index contributed by atoms with van der Waals surface area (Å²) in [6.07, 6.45) is 3.87. The van der Waals surface area contributed by atoms with E-state index < -0.39 is 37.9 Å². The van der Waals surface area contributed by atoms with Crippen molar-refractivity contribution in [3.8, 4) is 5.75 Å². The van der Waals surface area contributed by atoms with Crippen LogP contribution in [0.15, 0.2) is 54.6 Å². The third-order valence-corrected chi connectivity index (χ3v) is 8.71. The molecule has 2 heterocycles. The van der Waals surface area contributed by atoms with Gasteiger partial charge in [-0.3, -0.25) is 24.2 Å². The number of nitrogens with zero attached hydrogens (tertiary/aromatic N) is 1. The smallest absolute Gasteiger partial charge is 0.445 e. The molecule has 0 saturated carbocycles. The van der Waals surface area contributed by atoms with Crippen molar-refractivity contribution in [2.24, 2.45) is 0 Å². The van der Waals surface area contributed by atoms with E-state index in [1.165, 1.54) is 24.3 Å². The largest absolute Gasteiger partial charge is 0.524 e. The Kier molecular flexibility index (Phi) is 13.2. The quantitative estimate of drug-likeness (QED) is 0.128. The van der Waals surface area contributed by atoms with Crippen LogP contribution in [0.25, 0.3) is 0 Å². The van der Waals surface area contributed by atoms with Gasteiger partial charge >= 0.3 is 13.9 Å². The van der Waals surface area contributed by atoms with E-state index in [-0.39, 0.29) is 36.6 Å². The minimum Gasteiger partial charge on any atom is -0.445 e. The molecule has 47 heavy (non-hydrogen) atoms. The molecule has 0 aromatic heterocycles. The lowest BCUT2D eigenvalue weighted by Crippen LogP contribution is -2.59. The first-order chi connectivity index (χ1) is 22.5. The topological polar surface area (TPSA) is 196 Å². The Labute approximate surface area is 274 Å². The molecule has 15 heteroatoms. The maximum atomic E-state index is 14.0. The molecule has 0 bridgehead atoms. The second-order valence-corrected chi connectivity index (χ2v) is 12.9. The molecule has 4 atom stereocenters. The van der Waals surface area contributed by atoms with Crippen molar-refractivity contribution in [1.29, 1.82) is 0 Å². The van der Waals surface area contributed by atoms with Crippen molar-refractivity contribution in [1.82, 2.24) is 26.2 Å². The molecule has 1 unspecified atom stereocenters. The van der Waals surface area contributed by atoms with Crippen LogP contribution in [0.3, 0.4) is 0 Å². The van der Waals surface area contributed by atoms with Crippen LogP contribution in [0.4, 0.5) is 4.79 Å². The number of carbonyl (C=O) groups is 4. The molecule has 6 N–H and O–H groups in total. The summed E-state index contributed by atoms with van der Waals surface area (Å²) < 4.78 is 21.2. The lowest BCUT2D eigenvalue weighted by molar-refractivity contribution is -0.144. The fraction of sp³-hybridized carbons (Fsp3) is 0.500. The zero-order valence-electron chi connectivity index (χ0n) is 26.4. The highest BCUT2D eigenvalue weighted by molar-refractivity contribution is 7.46. The number of rotatable bonds is 14. The van der Waals surface area contributed by atoms with Gasteiger partial charge in [-0.15, -0.1) is 0 Å². The van der Waals surface area contributed by atoms with E-state index in [0.717, 1.165) is 31.4 Å². The molecule has 2 aromatic carbocycles. The Balaban J connectivity index is 1.47. The van der Waals surface area contributed by atoms with Gasteiger partial charge in [0.15, 0.2) is 0 Å². The first-order valence-electron chi connectivity index (χ1n) is 15.9. The number of phosphoric ester groups is 1. The highest BCUT2D eigenvalue weighted by Gasteiger charge is 2.44. The van der Waals surface area contributed by atoms with E-state index in [0.29, 0.717) is 37.8 Å². The average Bonchev–Trinajstić information content (AvgIpc) is 3.46. The van der Waals surface area contributed by atoms with Gasteiger partial charge in [0.1, 0.15) is 30.5 Å². The van der Waals surface area contributed by atoms with Crippen molar-refractivity contribution in [3.63, 3.8) is 0 Å². The van der Waals surface area contributed by atoms with Crippen LogP contribution in [0.5, 0.6) is 5.75 Å². The van der Waals surface area contributed by atoms with Crippen LogP contribution < -0.4 is 25.8 Å². The predicted molar refractivity (Wildman–Crippen MR) is 172 cm³/mol. The molecule has 256 valence electrons. The summed E-state index contributed by atoms with van der Waals surface area (Å²) in [5.74, 6) is -1.20. The Hall–Kier alpha value is -3.97. The number of phosphoric acid groups is 1. The lowest BCUT2D eigenvalue weighted by Gasteiger charge is -2.35.